The number of nitrogens with zero attached hydrogens (tertiary/aromatic N) is 1. The molecule has 2 atom stereocenters. The minimum absolute atomic E-state index is 0.171. The molecular formula is C19H15NO3. The maximum absolute atomic E-state index is 10.8. The summed E-state index contributed by atoms with van der Waals surface area (Å²) in [7, 11) is 0. The fraction of sp³-hybridized carbons (Fsp3) is 0.158. The molecule has 1 aliphatic carbocycles. The highest BCUT2D eigenvalue weighted by Gasteiger charge is 2.40. The quantitative estimate of drug-likeness (QED) is 0.783. The number of oxazole rings is 1. The Labute approximate surface area is 133 Å². The van der Waals surface area contributed by atoms with Crippen LogP contribution in [0.2, 0.25) is 0 Å². The van der Waals surface area contributed by atoms with E-state index in [1.807, 2.05) is 60.7 Å². The van der Waals surface area contributed by atoms with E-state index in [1.165, 1.54) is 0 Å². The first-order chi connectivity index (χ1) is 11.2. The van der Waals surface area contributed by atoms with Gasteiger partial charge < -0.3 is 9.52 Å². The van der Waals surface area contributed by atoms with E-state index in [0.717, 1.165) is 28.6 Å². The summed E-state index contributed by atoms with van der Waals surface area (Å²) < 4.78 is 5.75. The topological polar surface area (TPSA) is 63.3 Å². The van der Waals surface area contributed by atoms with E-state index in [0.29, 0.717) is 5.89 Å². The van der Waals surface area contributed by atoms with E-state index in [2.05, 4.69) is 4.98 Å². The number of carboxylic acids is 1. The number of carboxylic acid groups (broad SMARTS) is 1. The molecule has 2 aromatic carbocycles. The second kappa shape index (κ2) is 5.39. The van der Waals surface area contributed by atoms with Gasteiger partial charge in [0.25, 0.3) is 0 Å². The van der Waals surface area contributed by atoms with Crippen LogP contribution in [0.1, 0.15) is 12.0 Å². The van der Waals surface area contributed by atoms with Gasteiger partial charge in [0, 0.05) is 5.56 Å². The fourth-order valence-electron chi connectivity index (χ4n) is 2.68. The first kappa shape index (κ1) is 13.8. The summed E-state index contributed by atoms with van der Waals surface area (Å²) in [6.45, 7) is 0. The molecule has 4 heteroatoms. The zero-order valence-electron chi connectivity index (χ0n) is 12.3. The van der Waals surface area contributed by atoms with Crippen molar-refractivity contribution in [1.82, 2.24) is 4.98 Å². The molecule has 23 heavy (non-hydrogen) atoms. The largest absolute Gasteiger partial charge is 0.481 e. The van der Waals surface area contributed by atoms with Crippen molar-refractivity contribution in [3.63, 3.8) is 0 Å². The monoisotopic (exact) mass is 305 g/mol. The van der Waals surface area contributed by atoms with Crippen LogP contribution in [-0.2, 0) is 4.79 Å². The molecule has 1 heterocycles. The van der Waals surface area contributed by atoms with Gasteiger partial charge in [-0.3, -0.25) is 4.79 Å². The average molecular weight is 305 g/mol. The minimum atomic E-state index is -0.703. The van der Waals surface area contributed by atoms with Crippen molar-refractivity contribution in [3.8, 4) is 11.5 Å². The van der Waals surface area contributed by atoms with Crippen molar-refractivity contribution in [2.75, 3.05) is 0 Å². The normalized spacial score (nSPS) is 20.2. The molecule has 0 aliphatic heterocycles. The van der Waals surface area contributed by atoms with Crippen molar-refractivity contribution >= 4 is 23.1 Å². The van der Waals surface area contributed by atoms with Gasteiger partial charge in [0.1, 0.15) is 5.52 Å². The molecule has 0 amide bonds. The summed E-state index contributed by atoms with van der Waals surface area (Å²) in [4.78, 5) is 15.3. The van der Waals surface area contributed by atoms with Gasteiger partial charge in [-0.15, -0.1) is 0 Å². The standard InChI is InChI=1S/C19H15NO3/c21-19(22)15-11-14(15)10-7-12-5-8-13(9-6-12)18-20-16-3-1-2-4-17(16)23-18/h1-10,14-15H,11H2,(H,21,22). The van der Waals surface area contributed by atoms with Gasteiger partial charge in [-0.25, -0.2) is 4.98 Å². The molecule has 1 saturated carbocycles. The molecule has 1 aromatic heterocycles. The lowest BCUT2D eigenvalue weighted by molar-refractivity contribution is -0.138. The molecule has 4 nitrogen and oxygen atoms in total. The van der Waals surface area contributed by atoms with E-state index in [1.54, 1.807) is 0 Å². The van der Waals surface area contributed by atoms with Crippen molar-refractivity contribution in [2.45, 2.75) is 6.42 Å². The Morgan fingerprint density at radius 2 is 1.96 bits per heavy atom. The van der Waals surface area contributed by atoms with Gasteiger partial charge in [-0.1, -0.05) is 36.4 Å². The highest BCUT2D eigenvalue weighted by atomic mass is 16.4. The van der Waals surface area contributed by atoms with E-state index >= 15 is 0 Å². The molecule has 114 valence electrons. The number of hydrogen-bond acceptors (Lipinski definition) is 3. The molecule has 2 unspecified atom stereocenters. The zero-order chi connectivity index (χ0) is 15.8. The Morgan fingerprint density at radius 1 is 1.17 bits per heavy atom. The summed E-state index contributed by atoms with van der Waals surface area (Å²) in [5.74, 6) is -0.129. The van der Waals surface area contributed by atoms with Crippen LogP contribution in [0.5, 0.6) is 0 Å². The number of aromatic nitrogens is 1. The number of aliphatic carboxylic acids is 1. The Balaban J connectivity index is 1.51. The van der Waals surface area contributed by atoms with Crippen molar-refractivity contribution in [1.29, 1.82) is 0 Å². The highest BCUT2D eigenvalue weighted by Crippen LogP contribution is 2.40. The summed E-state index contributed by atoms with van der Waals surface area (Å²) in [5, 5.41) is 8.89. The number of fused-ring (bicyclic) bond motifs is 1. The number of carbonyl (C=O) groups is 1. The van der Waals surface area contributed by atoms with Crippen molar-refractivity contribution < 1.29 is 14.3 Å². The van der Waals surface area contributed by atoms with Gasteiger partial charge in [0.05, 0.1) is 5.92 Å². The van der Waals surface area contributed by atoms with Crippen LogP contribution in [0.15, 0.2) is 59.0 Å². The number of para-hydroxylation sites is 2. The van der Waals surface area contributed by atoms with Crippen molar-refractivity contribution in [2.24, 2.45) is 11.8 Å². The zero-order valence-corrected chi connectivity index (χ0v) is 12.3. The van der Waals surface area contributed by atoms with E-state index in [9.17, 15) is 4.79 Å². The molecule has 0 spiro atoms. The minimum Gasteiger partial charge on any atom is -0.481 e. The smallest absolute Gasteiger partial charge is 0.307 e. The van der Waals surface area contributed by atoms with E-state index in [-0.39, 0.29) is 11.8 Å². The Bertz CT molecular complexity index is 859. The molecule has 1 aliphatic rings. The van der Waals surface area contributed by atoms with E-state index in [4.69, 9.17) is 9.52 Å². The predicted molar refractivity (Wildman–Crippen MR) is 87.7 cm³/mol. The number of rotatable bonds is 4. The maximum Gasteiger partial charge on any atom is 0.307 e. The molecule has 1 fully saturated rings. The third kappa shape index (κ3) is 2.75. The van der Waals surface area contributed by atoms with E-state index < -0.39 is 5.97 Å². The van der Waals surface area contributed by atoms with Gasteiger partial charge in [-0.05, 0) is 42.2 Å². The summed E-state index contributed by atoms with van der Waals surface area (Å²) >= 11 is 0. The van der Waals surface area contributed by atoms with Crippen LogP contribution < -0.4 is 0 Å². The fourth-order valence-corrected chi connectivity index (χ4v) is 2.68. The number of benzene rings is 2. The number of allylic oxidation sites excluding steroid dienone is 1. The predicted octanol–water partition coefficient (Wildman–Crippen LogP) is 4.23. The molecule has 0 radical (unpaired) electrons. The van der Waals surface area contributed by atoms with Crippen LogP contribution in [0.3, 0.4) is 0 Å². The second-order valence-corrected chi connectivity index (χ2v) is 5.81. The van der Waals surface area contributed by atoms with Gasteiger partial charge in [0.2, 0.25) is 5.89 Å². The van der Waals surface area contributed by atoms with Gasteiger partial charge >= 0.3 is 5.97 Å². The molecule has 1 N–H and O–H groups in total. The Morgan fingerprint density at radius 3 is 2.65 bits per heavy atom. The summed E-state index contributed by atoms with van der Waals surface area (Å²) in [6, 6.07) is 15.6. The lowest BCUT2D eigenvalue weighted by Crippen LogP contribution is -1.97. The molecule has 3 aromatic rings. The SMILES string of the molecule is O=C(O)C1CC1C=Cc1ccc(-c2nc3ccccc3o2)cc1. The highest BCUT2D eigenvalue weighted by molar-refractivity contribution is 5.76. The van der Waals surface area contributed by atoms with Crippen LogP contribution in [0.25, 0.3) is 28.6 Å². The third-order valence-electron chi connectivity index (χ3n) is 4.14. The molecule has 0 saturated heterocycles. The van der Waals surface area contributed by atoms with Crippen LogP contribution in [-0.4, -0.2) is 16.1 Å². The van der Waals surface area contributed by atoms with Gasteiger partial charge in [0.15, 0.2) is 5.58 Å². The van der Waals surface area contributed by atoms with Gasteiger partial charge in [-0.2, -0.15) is 0 Å². The Hall–Kier alpha value is -2.88. The molecular weight excluding hydrogens is 290 g/mol. The number of hydrogen-bond donors (Lipinski definition) is 1. The van der Waals surface area contributed by atoms with Crippen LogP contribution in [0, 0.1) is 11.8 Å². The third-order valence-corrected chi connectivity index (χ3v) is 4.14. The first-order valence-electron chi connectivity index (χ1n) is 7.58. The second-order valence-electron chi connectivity index (χ2n) is 5.81. The molecule has 4 rings (SSSR count). The molecule has 0 bridgehead atoms. The van der Waals surface area contributed by atoms with Crippen LogP contribution >= 0.6 is 0 Å². The lowest BCUT2D eigenvalue weighted by atomic mass is 10.1. The lowest BCUT2D eigenvalue weighted by Gasteiger charge is -1.97. The maximum atomic E-state index is 10.8. The Kier molecular flexibility index (Phi) is 3.23. The summed E-state index contributed by atoms with van der Waals surface area (Å²) in [5.41, 5.74) is 3.59. The van der Waals surface area contributed by atoms with Crippen LogP contribution in [0.4, 0.5) is 0 Å². The average Bonchev–Trinajstić information content (AvgIpc) is 3.23. The van der Waals surface area contributed by atoms with Crippen molar-refractivity contribution in [3.05, 3.63) is 60.2 Å². The summed E-state index contributed by atoms with van der Waals surface area (Å²) in [6.07, 6.45) is 4.70. The first-order valence-corrected chi connectivity index (χ1v) is 7.58.